The van der Waals surface area contributed by atoms with Crippen LogP contribution in [-0.2, 0) is 23.0 Å². The van der Waals surface area contributed by atoms with Crippen LogP contribution in [0.2, 0.25) is 0 Å². The molecule has 9 heteroatoms. The van der Waals surface area contributed by atoms with Gasteiger partial charge in [-0.05, 0) is 0 Å². The molecule has 0 spiro atoms. The van der Waals surface area contributed by atoms with Gasteiger partial charge in [-0.25, -0.2) is 0 Å². The summed E-state index contributed by atoms with van der Waals surface area (Å²) in [6.45, 7) is 0. The van der Waals surface area contributed by atoms with Gasteiger partial charge >= 0.3 is 15.2 Å². The predicted molar refractivity (Wildman–Crippen MR) is 43.5 cm³/mol. The lowest BCUT2D eigenvalue weighted by molar-refractivity contribution is -0.106. The number of rotatable bonds is 5. The lowest BCUT2D eigenvalue weighted by Gasteiger charge is -2.19. The molecular weight excluding hydrogens is 222 g/mol. The molecule has 78 valence electrons. The number of carbonyl (C=O) groups excluding carboxylic acids is 1. The van der Waals surface area contributed by atoms with Gasteiger partial charge in [0.2, 0.25) is 5.40 Å². The van der Waals surface area contributed by atoms with Crippen molar-refractivity contribution in [1.82, 2.24) is 0 Å². The van der Waals surface area contributed by atoms with E-state index < -0.39 is 20.6 Å². The molecule has 0 aromatic carbocycles. The Morgan fingerprint density at radius 3 is 1.69 bits per heavy atom. The zero-order valence-electron chi connectivity index (χ0n) is 6.98. The van der Waals surface area contributed by atoms with Crippen LogP contribution in [-0.4, -0.2) is 35.7 Å². The fourth-order valence-electron chi connectivity index (χ4n) is 0.629. The van der Waals surface area contributed by atoms with E-state index in [9.17, 15) is 13.9 Å². The van der Waals surface area contributed by atoms with Crippen molar-refractivity contribution in [3.63, 3.8) is 0 Å². The van der Waals surface area contributed by atoms with Crippen molar-refractivity contribution in [3.8, 4) is 0 Å². The molecule has 2 N–H and O–H groups in total. The largest absolute Gasteiger partial charge is 0.352 e. The molecule has 7 nitrogen and oxygen atoms in total. The van der Waals surface area contributed by atoms with Crippen LogP contribution < -0.4 is 0 Å². The molecule has 1 unspecified atom stereocenters. The summed E-state index contributed by atoms with van der Waals surface area (Å²) in [6.07, 6.45) is -0.130. The Bertz CT molecular complexity index is 260. The van der Waals surface area contributed by atoms with Crippen LogP contribution in [0.4, 0.5) is 0 Å². The first kappa shape index (κ1) is 13.0. The molecule has 0 saturated carbocycles. The summed E-state index contributed by atoms with van der Waals surface area (Å²) in [5.74, 6) is 0. The monoisotopic (exact) mass is 232 g/mol. The molecule has 0 saturated heterocycles. The van der Waals surface area contributed by atoms with Crippen molar-refractivity contribution in [2.24, 2.45) is 0 Å². The van der Waals surface area contributed by atoms with E-state index in [4.69, 9.17) is 9.79 Å². The SMILES string of the molecule is COP(=O)(OC)C(C=O)P(=O)(O)O. The maximum atomic E-state index is 11.4. The number of aldehydes is 1. The van der Waals surface area contributed by atoms with Crippen molar-refractivity contribution in [2.75, 3.05) is 14.2 Å². The molecule has 13 heavy (non-hydrogen) atoms. The van der Waals surface area contributed by atoms with Crippen LogP contribution in [0.1, 0.15) is 0 Å². The van der Waals surface area contributed by atoms with E-state index in [0.717, 1.165) is 14.2 Å². The Hall–Kier alpha value is -0.0300. The topological polar surface area (TPSA) is 110 Å². The molecule has 0 heterocycles. The first-order chi connectivity index (χ1) is 5.81. The lowest BCUT2D eigenvalue weighted by atomic mass is 10.9. The average Bonchev–Trinajstić information content (AvgIpc) is 2.02. The number of hydrogen-bond acceptors (Lipinski definition) is 5. The summed E-state index contributed by atoms with van der Waals surface area (Å²) in [7, 11) is -6.97. The second kappa shape index (κ2) is 4.46. The van der Waals surface area contributed by atoms with E-state index in [1.54, 1.807) is 0 Å². The van der Waals surface area contributed by atoms with Crippen LogP contribution in [0, 0.1) is 0 Å². The van der Waals surface area contributed by atoms with Crippen LogP contribution in [0.25, 0.3) is 0 Å². The van der Waals surface area contributed by atoms with Crippen LogP contribution >= 0.6 is 15.2 Å². The van der Waals surface area contributed by atoms with E-state index in [1.165, 1.54) is 0 Å². The lowest BCUT2D eigenvalue weighted by Crippen LogP contribution is -2.13. The van der Waals surface area contributed by atoms with E-state index >= 15 is 0 Å². The Morgan fingerprint density at radius 1 is 1.23 bits per heavy atom. The Kier molecular flexibility index (Phi) is 4.45. The maximum absolute atomic E-state index is 11.4. The first-order valence-electron chi connectivity index (χ1n) is 3.03. The molecule has 0 rings (SSSR count). The molecule has 1 atom stereocenters. The molecule has 0 bridgehead atoms. The Balaban J connectivity index is 5.09. The third-order valence-corrected chi connectivity index (χ3v) is 5.65. The highest BCUT2D eigenvalue weighted by Crippen LogP contribution is 2.64. The summed E-state index contributed by atoms with van der Waals surface area (Å²) in [4.78, 5) is 27.5. The van der Waals surface area contributed by atoms with Crippen LogP contribution in [0.15, 0.2) is 0 Å². The smallest absolute Gasteiger partial charge is 0.323 e. The van der Waals surface area contributed by atoms with Crippen molar-refractivity contribution in [2.45, 2.75) is 5.40 Å². The van der Waals surface area contributed by atoms with Gasteiger partial charge in [-0.3, -0.25) is 9.13 Å². The van der Waals surface area contributed by atoms with Gasteiger partial charge in [-0.15, -0.1) is 0 Å². The second-order valence-corrected chi connectivity index (χ2v) is 6.55. The Labute approximate surface area is 74.7 Å². The maximum Gasteiger partial charge on any atom is 0.352 e. The molecule has 0 amide bonds. The summed E-state index contributed by atoms with van der Waals surface area (Å²) >= 11 is 0. The third kappa shape index (κ3) is 2.98. The number of hydrogen-bond donors (Lipinski definition) is 2. The third-order valence-electron chi connectivity index (χ3n) is 1.30. The molecule has 0 aliphatic carbocycles. The zero-order valence-corrected chi connectivity index (χ0v) is 8.77. The molecule has 0 radical (unpaired) electrons. The zero-order chi connectivity index (χ0) is 10.7. The fraction of sp³-hybridized carbons (Fsp3) is 0.750. The highest BCUT2D eigenvalue weighted by Gasteiger charge is 2.46. The minimum Gasteiger partial charge on any atom is -0.323 e. The summed E-state index contributed by atoms with van der Waals surface area (Å²) in [5.41, 5.74) is 0. The molecule has 0 aliphatic rings. The summed E-state index contributed by atoms with van der Waals surface area (Å²) in [5, 5.41) is -2.06. The Morgan fingerprint density at radius 2 is 1.62 bits per heavy atom. The van der Waals surface area contributed by atoms with E-state index in [1.807, 2.05) is 0 Å². The van der Waals surface area contributed by atoms with Gasteiger partial charge < -0.3 is 23.6 Å². The highest BCUT2D eigenvalue weighted by atomic mass is 31.2. The van der Waals surface area contributed by atoms with Gasteiger partial charge in [0.15, 0.2) is 0 Å². The van der Waals surface area contributed by atoms with Gasteiger partial charge in [-0.1, -0.05) is 0 Å². The van der Waals surface area contributed by atoms with Gasteiger partial charge in [0, 0.05) is 14.2 Å². The highest BCUT2D eigenvalue weighted by molar-refractivity contribution is 7.73. The normalized spacial score (nSPS) is 15.4. The van der Waals surface area contributed by atoms with Crippen molar-refractivity contribution in [3.05, 3.63) is 0 Å². The summed E-state index contributed by atoms with van der Waals surface area (Å²) in [6, 6.07) is 0. The minimum absolute atomic E-state index is 0.130. The average molecular weight is 232 g/mol. The molecule has 0 aromatic heterocycles. The number of carbonyl (C=O) groups is 1. The molecule has 0 fully saturated rings. The van der Waals surface area contributed by atoms with Crippen molar-refractivity contribution in [1.29, 1.82) is 0 Å². The predicted octanol–water partition coefficient (Wildman–Crippen LogP) is 0.175. The van der Waals surface area contributed by atoms with Gasteiger partial charge in [0.25, 0.3) is 0 Å². The van der Waals surface area contributed by atoms with Crippen LogP contribution in [0.3, 0.4) is 0 Å². The standard InChI is InChI=1S/C4H10O7P2/c1-10-13(9,11-2)4(3-5)12(6,7)8/h3-4H,1-2H3,(H2,6,7,8). The molecular formula is C4H10O7P2. The quantitative estimate of drug-likeness (QED) is 0.513. The van der Waals surface area contributed by atoms with E-state index in [2.05, 4.69) is 9.05 Å². The minimum atomic E-state index is -4.81. The molecule has 0 aliphatic heterocycles. The van der Waals surface area contributed by atoms with Crippen molar-refractivity contribution < 1.29 is 32.8 Å². The van der Waals surface area contributed by atoms with E-state index in [0.29, 0.717) is 0 Å². The van der Waals surface area contributed by atoms with Gasteiger partial charge in [0.05, 0.1) is 0 Å². The van der Waals surface area contributed by atoms with Gasteiger partial charge in [0.1, 0.15) is 6.29 Å². The molecule has 0 aromatic rings. The van der Waals surface area contributed by atoms with Gasteiger partial charge in [-0.2, -0.15) is 0 Å². The van der Waals surface area contributed by atoms with E-state index in [-0.39, 0.29) is 6.29 Å². The second-order valence-electron chi connectivity index (χ2n) is 2.04. The van der Waals surface area contributed by atoms with Crippen LogP contribution in [0.5, 0.6) is 0 Å². The summed E-state index contributed by atoms with van der Waals surface area (Å²) < 4.78 is 30.6. The van der Waals surface area contributed by atoms with Crippen molar-refractivity contribution >= 4 is 21.5 Å². The fourth-order valence-corrected chi connectivity index (χ4v) is 3.56. The first-order valence-corrected chi connectivity index (χ1v) is 6.33.